The van der Waals surface area contributed by atoms with Gasteiger partial charge in [-0.25, -0.2) is 17.7 Å². The van der Waals surface area contributed by atoms with Gasteiger partial charge in [0.25, 0.3) is 0 Å². The van der Waals surface area contributed by atoms with E-state index in [-0.39, 0.29) is 5.95 Å². The molecule has 1 fully saturated rings. The van der Waals surface area contributed by atoms with Gasteiger partial charge in [-0.05, 0) is 57.5 Å². The standard InChI is InChI=1S/C18H32N6O2S/c1-3-23(9-4-5-13-8-10-24(12-13)27(2,25)26)14-6-7-16-15(11-14)17(19)22-18(20)21-16/h13-14H,3-12H2,1-2H3,(H4,19,20,21,22). The van der Waals surface area contributed by atoms with Gasteiger partial charge < -0.3 is 16.4 Å². The first-order valence-electron chi connectivity index (χ1n) is 9.87. The molecule has 0 aromatic carbocycles. The highest BCUT2D eigenvalue weighted by atomic mass is 32.2. The Kier molecular flexibility index (Phi) is 6.22. The van der Waals surface area contributed by atoms with E-state index in [0.29, 0.717) is 30.9 Å². The van der Waals surface area contributed by atoms with Crippen LogP contribution in [0.4, 0.5) is 11.8 Å². The van der Waals surface area contributed by atoms with Crippen LogP contribution < -0.4 is 11.5 Å². The van der Waals surface area contributed by atoms with E-state index >= 15 is 0 Å². The number of nitrogens with two attached hydrogens (primary N) is 2. The molecule has 1 aliphatic carbocycles. The molecule has 0 radical (unpaired) electrons. The predicted octanol–water partition coefficient (Wildman–Crippen LogP) is 0.882. The highest BCUT2D eigenvalue weighted by Gasteiger charge is 2.29. The fourth-order valence-electron chi connectivity index (χ4n) is 4.47. The van der Waals surface area contributed by atoms with E-state index in [1.165, 1.54) is 6.26 Å². The summed E-state index contributed by atoms with van der Waals surface area (Å²) >= 11 is 0. The zero-order chi connectivity index (χ0) is 19.6. The van der Waals surface area contributed by atoms with Gasteiger partial charge in [0.15, 0.2) is 0 Å². The molecular weight excluding hydrogens is 364 g/mol. The number of rotatable bonds is 7. The van der Waals surface area contributed by atoms with E-state index < -0.39 is 10.0 Å². The minimum absolute atomic E-state index is 0.261. The molecule has 0 bridgehead atoms. The van der Waals surface area contributed by atoms with Crippen molar-refractivity contribution in [2.24, 2.45) is 5.92 Å². The van der Waals surface area contributed by atoms with Gasteiger partial charge in [0, 0.05) is 24.7 Å². The van der Waals surface area contributed by atoms with Crippen molar-refractivity contribution in [3.8, 4) is 0 Å². The Morgan fingerprint density at radius 3 is 2.70 bits per heavy atom. The van der Waals surface area contributed by atoms with Crippen molar-refractivity contribution in [1.82, 2.24) is 19.2 Å². The van der Waals surface area contributed by atoms with Crippen molar-refractivity contribution in [1.29, 1.82) is 0 Å². The van der Waals surface area contributed by atoms with Crippen LogP contribution in [0.15, 0.2) is 0 Å². The van der Waals surface area contributed by atoms with E-state index in [1.54, 1.807) is 4.31 Å². The maximum absolute atomic E-state index is 11.7. The number of nitrogens with zero attached hydrogens (tertiary/aromatic N) is 4. The summed E-state index contributed by atoms with van der Waals surface area (Å²) in [5.41, 5.74) is 13.8. The molecule has 1 aromatic rings. The topological polar surface area (TPSA) is 118 Å². The number of nitrogen functional groups attached to an aromatic ring is 2. The number of aromatic nitrogens is 2. The molecule has 1 saturated heterocycles. The fourth-order valence-corrected chi connectivity index (χ4v) is 5.39. The molecule has 2 atom stereocenters. The number of hydrogen-bond donors (Lipinski definition) is 2. The van der Waals surface area contributed by atoms with Crippen molar-refractivity contribution < 1.29 is 8.42 Å². The highest BCUT2D eigenvalue weighted by molar-refractivity contribution is 7.88. The van der Waals surface area contributed by atoms with Gasteiger partial charge in [0.1, 0.15) is 5.82 Å². The van der Waals surface area contributed by atoms with Crippen molar-refractivity contribution in [2.75, 3.05) is 43.9 Å². The number of fused-ring (bicyclic) bond motifs is 1. The van der Waals surface area contributed by atoms with Crippen molar-refractivity contribution >= 4 is 21.8 Å². The van der Waals surface area contributed by atoms with Crippen LogP contribution in [0, 0.1) is 5.92 Å². The number of aryl methyl sites for hydroxylation is 1. The molecule has 152 valence electrons. The lowest BCUT2D eigenvalue weighted by Crippen LogP contribution is -2.40. The normalized spacial score (nSPS) is 23.7. The summed E-state index contributed by atoms with van der Waals surface area (Å²) in [6.07, 6.45) is 7.27. The summed E-state index contributed by atoms with van der Waals surface area (Å²) in [7, 11) is -3.04. The quantitative estimate of drug-likeness (QED) is 0.702. The lowest BCUT2D eigenvalue weighted by molar-refractivity contribution is 0.181. The zero-order valence-corrected chi connectivity index (χ0v) is 17.2. The van der Waals surface area contributed by atoms with Gasteiger partial charge >= 0.3 is 0 Å². The lowest BCUT2D eigenvalue weighted by Gasteiger charge is -2.34. The Morgan fingerprint density at radius 2 is 2.04 bits per heavy atom. The second-order valence-electron chi connectivity index (χ2n) is 7.84. The minimum Gasteiger partial charge on any atom is -0.383 e. The third-order valence-corrected chi connectivity index (χ3v) is 7.26. The molecule has 1 aliphatic heterocycles. The monoisotopic (exact) mass is 396 g/mol. The number of hydrogen-bond acceptors (Lipinski definition) is 7. The smallest absolute Gasteiger partial charge is 0.222 e. The molecule has 8 nitrogen and oxygen atoms in total. The molecule has 0 amide bonds. The SMILES string of the molecule is CCN(CCCC1CCN(S(C)(=O)=O)C1)C1CCc2nc(N)nc(N)c2C1. The predicted molar refractivity (Wildman–Crippen MR) is 108 cm³/mol. The van der Waals surface area contributed by atoms with Gasteiger partial charge in [-0.2, -0.15) is 4.98 Å². The van der Waals surface area contributed by atoms with Gasteiger partial charge in [0.2, 0.25) is 16.0 Å². The summed E-state index contributed by atoms with van der Waals surface area (Å²) in [6, 6.07) is 0.452. The third-order valence-electron chi connectivity index (χ3n) is 5.99. The first-order chi connectivity index (χ1) is 12.8. The van der Waals surface area contributed by atoms with Crippen molar-refractivity contribution in [3.63, 3.8) is 0 Å². The number of sulfonamides is 1. The molecule has 2 aliphatic rings. The molecule has 9 heteroatoms. The second-order valence-corrected chi connectivity index (χ2v) is 9.82. The first kappa shape index (κ1) is 20.3. The fraction of sp³-hybridized carbons (Fsp3) is 0.778. The molecule has 4 N–H and O–H groups in total. The highest BCUT2D eigenvalue weighted by Crippen LogP contribution is 2.28. The van der Waals surface area contributed by atoms with E-state index in [9.17, 15) is 8.42 Å². The first-order valence-corrected chi connectivity index (χ1v) is 11.7. The molecule has 0 spiro atoms. The van der Waals surface area contributed by atoms with Crippen LogP contribution in [0.25, 0.3) is 0 Å². The average molecular weight is 397 g/mol. The van der Waals surface area contributed by atoms with E-state index in [4.69, 9.17) is 11.5 Å². The van der Waals surface area contributed by atoms with Gasteiger partial charge in [0.05, 0.1) is 11.9 Å². The van der Waals surface area contributed by atoms with Crippen LogP contribution in [0.3, 0.4) is 0 Å². The van der Waals surface area contributed by atoms with Crippen LogP contribution in [0.5, 0.6) is 0 Å². The maximum Gasteiger partial charge on any atom is 0.222 e. The largest absolute Gasteiger partial charge is 0.383 e. The van der Waals surface area contributed by atoms with Crippen LogP contribution in [-0.4, -0.2) is 66.1 Å². The second kappa shape index (κ2) is 8.28. The molecule has 3 rings (SSSR count). The number of anilines is 2. The third kappa shape index (κ3) is 4.89. The average Bonchev–Trinajstić information content (AvgIpc) is 3.08. The van der Waals surface area contributed by atoms with Crippen molar-refractivity contribution in [3.05, 3.63) is 11.3 Å². The van der Waals surface area contributed by atoms with Gasteiger partial charge in [-0.1, -0.05) is 6.92 Å². The van der Waals surface area contributed by atoms with Crippen LogP contribution in [0.2, 0.25) is 0 Å². The van der Waals surface area contributed by atoms with E-state index in [2.05, 4.69) is 21.8 Å². The van der Waals surface area contributed by atoms with Gasteiger partial charge in [-0.3, -0.25) is 0 Å². The summed E-state index contributed by atoms with van der Waals surface area (Å²) in [4.78, 5) is 11.0. The Morgan fingerprint density at radius 1 is 1.26 bits per heavy atom. The van der Waals surface area contributed by atoms with Crippen LogP contribution in [0.1, 0.15) is 43.9 Å². The summed E-state index contributed by atoms with van der Waals surface area (Å²) in [5, 5.41) is 0. The van der Waals surface area contributed by atoms with Crippen molar-refractivity contribution in [2.45, 2.75) is 51.5 Å². The molecule has 0 saturated carbocycles. The van der Waals surface area contributed by atoms with E-state index in [1.807, 2.05) is 0 Å². The summed E-state index contributed by atoms with van der Waals surface area (Å²) in [6.45, 7) is 5.57. The zero-order valence-electron chi connectivity index (χ0n) is 16.4. The summed E-state index contributed by atoms with van der Waals surface area (Å²) < 4.78 is 24.9. The minimum atomic E-state index is -3.04. The molecule has 2 heterocycles. The molecular formula is C18H32N6O2S. The molecule has 2 unspecified atom stereocenters. The Balaban J connectivity index is 1.51. The van der Waals surface area contributed by atoms with E-state index in [0.717, 1.165) is 62.9 Å². The lowest BCUT2D eigenvalue weighted by atomic mass is 9.90. The molecule has 1 aromatic heterocycles. The van der Waals surface area contributed by atoms with Gasteiger partial charge in [-0.15, -0.1) is 0 Å². The Labute approximate surface area is 162 Å². The van der Waals surface area contributed by atoms with Crippen LogP contribution in [-0.2, 0) is 22.9 Å². The Hall–Kier alpha value is -1.45. The maximum atomic E-state index is 11.7. The van der Waals surface area contributed by atoms with Crippen LogP contribution >= 0.6 is 0 Å². The Bertz CT molecular complexity index is 769. The summed E-state index contributed by atoms with van der Waals surface area (Å²) in [5.74, 6) is 1.26. The number of likely N-dealkylation sites (N-methyl/N-ethyl adjacent to an activating group) is 1. The molecule has 27 heavy (non-hydrogen) atoms.